The van der Waals surface area contributed by atoms with Gasteiger partial charge in [0.05, 0.1) is 16.3 Å². The van der Waals surface area contributed by atoms with Crippen molar-refractivity contribution in [1.29, 1.82) is 0 Å². The zero-order valence-electron chi connectivity index (χ0n) is 15.8. The van der Waals surface area contributed by atoms with Crippen LogP contribution in [0.5, 0.6) is 0 Å². The van der Waals surface area contributed by atoms with Crippen LogP contribution < -0.4 is 5.32 Å². The highest BCUT2D eigenvalue weighted by Crippen LogP contribution is 2.22. The van der Waals surface area contributed by atoms with Gasteiger partial charge in [-0.2, -0.15) is 4.31 Å². The van der Waals surface area contributed by atoms with Crippen molar-refractivity contribution in [3.05, 3.63) is 51.7 Å². The van der Waals surface area contributed by atoms with Crippen molar-refractivity contribution < 1.29 is 18.0 Å². The van der Waals surface area contributed by atoms with Crippen LogP contribution in [0.4, 0.5) is 0 Å². The number of piperazine rings is 1. The van der Waals surface area contributed by atoms with Gasteiger partial charge in [0, 0.05) is 26.2 Å². The van der Waals surface area contributed by atoms with E-state index < -0.39 is 10.0 Å². The second-order valence-electron chi connectivity index (χ2n) is 6.71. The summed E-state index contributed by atoms with van der Waals surface area (Å²) in [6.45, 7) is 4.69. The summed E-state index contributed by atoms with van der Waals surface area (Å²) in [7, 11) is -3.59. The SMILES string of the molecule is Cc1ccc(S(=O)(=O)N2CCN(C(=O)CNC(=O)c3cccs3)CC2)c(C)c1. The number of nitrogens with zero attached hydrogens (tertiary/aromatic N) is 2. The molecule has 0 spiro atoms. The Morgan fingerprint density at radius 3 is 2.43 bits per heavy atom. The van der Waals surface area contributed by atoms with Crippen molar-refractivity contribution in [2.24, 2.45) is 0 Å². The lowest BCUT2D eigenvalue weighted by Gasteiger charge is -2.34. The normalized spacial score (nSPS) is 15.4. The molecule has 1 aromatic carbocycles. The van der Waals surface area contributed by atoms with E-state index in [1.165, 1.54) is 15.6 Å². The molecule has 150 valence electrons. The number of carbonyl (C=O) groups is 2. The molecule has 1 N–H and O–H groups in total. The van der Waals surface area contributed by atoms with Crippen molar-refractivity contribution in [1.82, 2.24) is 14.5 Å². The van der Waals surface area contributed by atoms with Gasteiger partial charge in [0.2, 0.25) is 15.9 Å². The molecule has 1 aliphatic rings. The molecule has 0 bridgehead atoms. The summed E-state index contributed by atoms with van der Waals surface area (Å²) in [5.74, 6) is -0.493. The number of nitrogens with one attached hydrogen (secondary N) is 1. The molecule has 0 unspecified atom stereocenters. The topological polar surface area (TPSA) is 86.8 Å². The van der Waals surface area contributed by atoms with E-state index in [1.54, 1.807) is 41.5 Å². The molecule has 0 radical (unpaired) electrons. The molecular formula is C19H23N3O4S2. The molecule has 2 amide bonds. The summed E-state index contributed by atoms with van der Waals surface area (Å²) in [4.78, 5) is 26.7. The first-order valence-electron chi connectivity index (χ1n) is 8.96. The minimum atomic E-state index is -3.59. The number of rotatable bonds is 5. The summed E-state index contributed by atoms with van der Waals surface area (Å²) in [5, 5.41) is 4.41. The van der Waals surface area contributed by atoms with Crippen molar-refractivity contribution in [3.63, 3.8) is 0 Å². The smallest absolute Gasteiger partial charge is 0.261 e. The van der Waals surface area contributed by atoms with Crippen LogP contribution in [0, 0.1) is 13.8 Å². The van der Waals surface area contributed by atoms with Crippen LogP contribution >= 0.6 is 11.3 Å². The number of amides is 2. The van der Waals surface area contributed by atoms with Gasteiger partial charge in [0.25, 0.3) is 5.91 Å². The summed E-state index contributed by atoms with van der Waals surface area (Å²) in [6.07, 6.45) is 0. The van der Waals surface area contributed by atoms with Crippen LogP contribution in [0.3, 0.4) is 0 Å². The number of hydrogen-bond donors (Lipinski definition) is 1. The number of hydrogen-bond acceptors (Lipinski definition) is 5. The van der Waals surface area contributed by atoms with Gasteiger partial charge in [0.1, 0.15) is 0 Å². The highest BCUT2D eigenvalue weighted by Gasteiger charge is 2.31. The monoisotopic (exact) mass is 421 g/mol. The number of thiophene rings is 1. The predicted octanol–water partition coefficient (Wildman–Crippen LogP) is 1.63. The third-order valence-electron chi connectivity index (χ3n) is 4.68. The van der Waals surface area contributed by atoms with Crippen LogP contribution in [-0.4, -0.2) is 62.2 Å². The van der Waals surface area contributed by atoms with E-state index in [4.69, 9.17) is 0 Å². The molecule has 2 heterocycles. The van der Waals surface area contributed by atoms with Gasteiger partial charge < -0.3 is 10.2 Å². The molecule has 1 aliphatic heterocycles. The lowest BCUT2D eigenvalue weighted by molar-refractivity contribution is -0.131. The molecule has 1 saturated heterocycles. The first kappa shape index (κ1) is 20.5. The van der Waals surface area contributed by atoms with Gasteiger partial charge in [0.15, 0.2) is 0 Å². The second-order valence-corrected chi connectivity index (χ2v) is 9.57. The van der Waals surface area contributed by atoms with Crippen LogP contribution in [0.1, 0.15) is 20.8 Å². The van der Waals surface area contributed by atoms with Crippen LogP contribution in [0.2, 0.25) is 0 Å². The van der Waals surface area contributed by atoms with Crippen molar-refractivity contribution in [3.8, 4) is 0 Å². The van der Waals surface area contributed by atoms with Crippen LogP contribution in [0.15, 0.2) is 40.6 Å². The van der Waals surface area contributed by atoms with Gasteiger partial charge in [-0.05, 0) is 36.9 Å². The van der Waals surface area contributed by atoms with Crippen molar-refractivity contribution in [2.45, 2.75) is 18.7 Å². The van der Waals surface area contributed by atoms with Crippen LogP contribution in [0.25, 0.3) is 0 Å². The molecule has 0 atom stereocenters. The number of sulfonamides is 1. The molecular weight excluding hydrogens is 398 g/mol. The Hall–Kier alpha value is -2.23. The van der Waals surface area contributed by atoms with Crippen molar-refractivity contribution in [2.75, 3.05) is 32.7 Å². The Morgan fingerprint density at radius 2 is 1.82 bits per heavy atom. The molecule has 1 fully saturated rings. The van der Waals surface area contributed by atoms with Gasteiger partial charge in [-0.25, -0.2) is 8.42 Å². The Kier molecular flexibility index (Phi) is 6.17. The third kappa shape index (κ3) is 4.43. The molecule has 28 heavy (non-hydrogen) atoms. The lowest BCUT2D eigenvalue weighted by Crippen LogP contribution is -2.52. The average Bonchev–Trinajstić information content (AvgIpc) is 3.20. The molecule has 1 aromatic heterocycles. The van der Waals surface area contributed by atoms with E-state index in [0.29, 0.717) is 22.9 Å². The summed E-state index contributed by atoms with van der Waals surface area (Å²) in [5.41, 5.74) is 1.73. The minimum absolute atomic E-state index is 0.0967. The van der Waals surface area contributed by atoms with E-state index in [-0.39, 0.29) is 31.4 Å². The molecule has 2 aromatic rings. The quantitative estimate of drug-likeness (QED) is 0.795. The largest absolute Gasteiger partial charge is 0.342 e. The van der Waals surface area contributed by atoms with E-state index in [0.717, 1.165) is 11.1 Å². The Bertz CT molecular complexity index is 963. The first-order valence-corrected chi connectivity index (χ1v) is 11.3. The Morgan fingerprint density at radius 1 is 1.11 bits per heavy atom. The third-order valence-corrected chi connectivity index (χ3v) is 7.61. The highest BCUT2D eigenvalue weighted by molar-refractivity contribution is 7.89. The van der Waals surface area contributed by atoms with E-state index in [1.807, 2.05) is 13.0 Å². The molecule has 7 nitrogen and oxygen atoms in total. The highest BCUT2D eigenvalue weighted by atomic mass is 32.2. The zero-order valence-corrected chi connectivity index (χ0v) is 17.5. The average molecular weight is 422 g/mol. The standard InChI is InChI=1S/C19H23N3O4S2/c1-14-5-6-17(15(2)12-14)28(25,26)22-9-7-21(8-10-22)18(23)13-20-19(24)16-4-3-11-27-16/h3-6,11-12H,7-10,13H2,1-2H3,(H,20,24). The zero-order chi connectivity index (χ0) is 20.3. The van der Waals surface area contributed by atoms with E-state index >= 15 is 0 Å². The fraction of sp³-hybridized carbons (Fsp3) is 0.368. The fourth-order valence-electron chi connectivity index (χ4n) is 3.17. The number of aryl methyl sites for hydroxylation is 2. The van der Waals surface area contributed by atoms with E-state index in [9.17, 15) is 18.0 Å². The summed E-state index contributed by atoms with van der Waals surface area (Å²) < 4.78 is 27.2. The van der Waals surface area contributed by atoms with Gasteiger partial charge in [-0.1, -0.05) is 23.8 Å². The van der Waals surface area contributed by atoms with Gasteiger partial charge in [-0.15, -0.1) is 11.3 Å². The predicted molar refractivity (Wildman–Crippen MR) is 108 cm³/mol. The fourth-order valence-corrected chi connectivity index (χ4v) is 5.44. The van der Waals surface area contributed by atoms with Crippen molar-refractivity contribution >= 4 is 33.2 Å². The Balaban J connectivity index is 1.56. The summed E-state index contributed by atoms with van der Waals surface area (Å²) in [6, 6.07) is 8.74. The van der Waals surface area contributed by atoms with Gasteiger partial charge in [-0.3, -0.25) is 9.59 Å². The molecule has 9 heteroatoms. The van der Waals surface area contributed by atoms with E-state index in [2.05, 4.69) is 5.32 Å². The first-order chi connectivity index (χ1) is 13.3. The van der Waals surface area contributed by atoms with Gasteiger partial charge >= 0.3 is 0 Å². The number of benzene rings is 1. The van der Waals surface area contributed by atoms with Crippen LogP contribution in [-0.2, 0) is 14.8 Å². The maximum Gasteiger partial charge on any atom is 0.261 e. The number of carbonyl (C=O) groups excluding carboxylic acids is 2. The lowest BCUT2D eigenvalue weighted by atomic mass is 10.2. The summed E-state index contributed by atoms with van der Waals surface area (Å²) >= 11 is 1.31. The maximum absolute atomic E-state index is 12.9. The molecule has 0 saturated carbocycles. The molecule has 3 rings (SSSR count). The Labute approximate surface area is 169 Å². The molecule has 0 aliphatic carbocycles. The second kappa shape index (κ2) is 8.42. The minimum Gasteiger partial charge on any atom is -0.342 e. The maximum atomic E-state index is 12.9.